The Bertz CT molecular complexity index is 965. The summed E-state index contributed by atoms with van der Waals surface area (Å²) in [5.74, 6) is 0. The van der Waals surface area contributed by atoms with Crippen LogP contribution in [0.4, 0.5) is 11.4 Å². The van der Waals surface area contributed by atoms with Gasteiger partial charge in [-0.2, -0.15) is 0 Å². The van der Waals surface area contributed by atoms with Crippen molar-refractivity contribution >= 4 is 39.7 Å². The Kier molecular flexibility index (Phi) is 4.90. The van der Waals surface area contributed by atoms with E-state index in [9.17, 15) is 0 Å². The third-order valence-electron chi connectivity index (χ3n) is 5.01. The molecule has 0 atom stereocenters. The third kappa shape index (κ3) is 3.85. The van der Waals surface area contributed by atoms with Crippen LogP contribution in [0.15, 0.2) is 48.5 Å². The highest BCUT2D eigenvalue weighted by Crippen LogP contribution is 2.19. The van der Waals surface area contributed by atoms with Gasteiger partial charge in [-0.1, -0.05) is 18.2 Å². The normalized spacial score (nSPS) is 14.4. The minimum Gasteiger partial charge on any atom is -0.368 e. The zero-order chi connectivity index (χ0) is 18.8. The molecule has 0 aliphatic carbocycles. The van der Waals surface area contributed by atoms with Gasteiger partial charge in [0.25, 0.3) is 0 Å². The number of aryl methyl sites for hydroxylation is 2. The quantitative estimate of drug-likeness (QED) is 0.686. The molecule has 1 aromatic heterocycles. The Balaban J connectivity index is 1.41. The maximum atomic E-state index is 5.64. The number of hydrogen-bond acceptors (Lipinski definition) is 4. The molecule has 1 N–H and O–H groups in total. The fourth-order valence-electron chi connectivity index (χ4n) is 3.32. The average molecular weight is 378 g/mol. The van der Waals surface area contributed by atoms with Crippen molar-refractivity contribution in [2.45, 2.75) is 13.8 Å². The van der Waals surface area contributed by atoms with Crippen LogP contribution in [0.2, 0.25) is 0 Å². The Morgan fingerprint density at radius 2 is 1.56 bits per heavy atom. The van der Waals surface area contributed by atoms with E-state index in [0.717, 1.165) is 59.4 Å². The second-order valence-corrected chi connectivity index (χ2v) is 7.22. The molecule has 1 fully saturated rings. The minimum atomic E-state index is 0.763. The predicted octanol–water partition coefficient (Wildman–Crippen LogP) is 3.77. The molecule has 2 heterocycles. The number of piperazine rings is 1. The van der Waals surface area contributed by atoms with Crippen LogP contribution in [0.5, 0.6) is 0 Å². The molecule has 5 nitrogen and oxygen atoms in total. The monoisotopic (exact) mass is 377 g/mol. The summed E-state index contributed by atoms with van der Waals surface area (Å²) in [6.07, 6.45) is 0. The first-order valence-corrected chi connectivity index (χ1v) is 9.62. The zero-order valence-electron chi connectivity index (χ0n) is 15.6. The lowest BCUT2D eigenvalue weighted by atomic mass is 10.2. The van der Waals surface area contributed by atoms with Gasteiger partial charge in [-0.25, -0.2) is 9.97 Å². The highest BCUT2D eigenvalue weighted by molar-refractivity contribution is 7.80. The first kappa shape index (κ1) is 17.7. The van der Waals surface area contributed by atoms with Crippen LogP contribution in [0, 0.1) is 13.8 Å². The fourth-order valence-corrected chi connectivity index (χ4v) is 3.62. The zero-order valence-corrected chi connectivity index (χ0v) is 16.5. The first-order chi connectivity index (χ1) is 13.1. The van der Waals surface area contributed by atoms with E-state index in [1.807, 2.05) is 32.0 Å². The lowest BCUT2D eigenvalue weighted by Crippen LogP contribution is -2.50. The lowest BCUT2D eigenvalue weighted by Gasteiger charge is -2.37. The van der Waals surface area contributed by atoms with E-state index >= 15 is 0 Å². The molecule has 0 amide bonds. The van der Waals surface area contributed by atoms with Crippen LogP contribution in [-0.4, -0.2) is 46.2 Å². The van der Waals surface area contributed by atoms with E-state index in [2.05, 4.69) is 55.4 Å². The van der Waals surface area contributed by atoms with E-state index in [1.165, 1.54) is 5.69 Å². The number of nitrogens with one attached hydrogen (secondary N) is 1. The number of rotatable bonds is 2. The van der Waals surface area contributed by atoms with E-state index < -0.39 is 0 Å². The Morgan fingerprint density at radius 3 is 2.26 bits per heavy atom. The number of aromatic nitrogens is 2. The number of thiocarbonyl (C=S) groups is 1. The van der Waals surface area contributed by atoms with Crippen molar-refractivity contribution in [3.05, 3.63) is 59.9 Å². The topological polar surface area (TPSA) is 44.3 Å². The summed E-state index contributed by atoms with van der Waals surface area (Å²) < 4.78 is 0. The molecule has 1 saturated heterocycles. The number of anilines is 2. The number of benzene rings is 2. The molecular formula is C21H23N5S. The van der Waals surface area contributed by atoms with Gasteiger partial charge in [0.2, 0.25) is 0 Å². The van der Waals surface area contributed by atoms with E-state index in [1.54, 1.807) is 0 Å². The molecule has 0 saturated carbocycles. The SMILES string of the molecule is Cc1nc2ccc(NC(=S)N3CCN(c4ccccc4)CC3)cc2nc1C. The summed E-state index contributed by atoms with van der Waals surface area (Å²) in [6, 6.07) is 16.6. The van der Waals surface area contributed by atoms with E-state index in [4.69, 9.17) is 12.2 Å². The molecule has 0 bridgehead atoms. The van der Waals surface area contributed by atoms with Gasteiger partial charge in [0.15, 0.2) is 5.11 Å². The molecule has 138 valence electrons. The highest BCUT2D eigenvalue weighted by Gasteiger charge is 2.19. The Morgan fingerprint density at radius 1 is 0.889 bits per heavy atom. The van der Waals surface area contributed by atoms with Crippen molar-refractivity contribution < 1.29 is 0 Å². The van der Waals surface area contributed by atoms with Crippen molar-refractivity contribution in [1.82, 2.24) is 14.9 Å². The van der Waals surface area contributed by atoms with Crippen LogP contribution < -0.4 is 10.2 Å². The van der Waals surface area contributed by atoms with Crippen LogP contribution >= 0.6 is 12.2 Å². The van der Waals surface area contributed by atoms with Crippen molar-refractivity contribution in [2.75, 3.05) is 36.4 Å². The summed E-state index contributed by atoms with van der Waals surface area (Å²) in [5.41, 5.74) is 5.95. The summed E-state index contributed by atoms with van der Waals surface area (Å²) in [6.45, 7) is 7.72. The molecule has 0 unspecified atom stereocenters. The molecule has 0 radical (unpaired) electrons. The van der Waals surface area contributed by atoms with Crippen molar-refractivity contribution in [2.24, 2.45) is 0 Å². The minimum absolute atomic E-state index is 0.763. The highest BCUT2D eigenvalue weighted by atomic mass is 32.1. The molecule has 6 heteroatoms. The third-order valence-corrected chi connectivity index (χ3v) is 5.38. The van der Waals surface area contributed by atoms with Gasteiger partial charge in [0.05, 0.1) is 22.4 Å². The number of para-hydroxylation sites is 1. The van der Waals surface area contributed by atoms with Gasteiger partial charge in [0.1, 0.15) is 0 Å². The van der Waals surface area contributed by atoms with Gasteiger partial charge in [-0.15, -0.1) is 0 Å². The second kappa shape index (κ2) is 7.48. The predicted molar refractivity (Wildman–Crippen MR) is 115 cm³/mol. The molecule has 4 rings (SSSR count). The van der Waals surface area contributed by atoms with Gasteiger partial charge in [-0.3, -0.25) is 0 Å². The van der Waals surface area contributed by atoms with Gasteiger partial charge >= 0.3 is 0 Å². The van der Waals surface area contributed by atoms with E-state index in [-0.39, 0.29) is 0 Å². The molecule has 1 aliphatic rings. The number of fused-ring (bicyclic) bond motifs is 1. The lowest BCUT2D eigenvalue weighted by molar-refractivity contribution is 0.391. The maximum Gasteiger partial charge on any atom is 0.173 e. The van der Waals surface area contributed by atoms with Crippen LogP contribution in [0.3, 0.4) is 0 Å². The Labute approximate surface area is 165 Å². The number of nitrogens with zero attached hydrogens (tertiary/aromatic N) is 4. The molecule has 27 heavy (non-hydrogen) atoms. The second-order valence-electron chi connectivity index (χ2n) is 6.84. The van der Waals surface area contributed by atoms with Crippen LogP contribution in [0.1, 0.15) is 11.4 Å². The average Bonchev–Trinajstić information content (AvgIpc) is 2.70. The van der Waals surface area contributed by atoms with Crippen LogP contribution in [-0.2, 0) is 0 Å². The van der Waals surface area contributed by atoms with Gasteiger partial charge < -0.3 is 15.1 Å². The fraction of sp³-hybridized carbons (Fsp3) is 0.286. The molecule has 1 aliphatic heterocycles. The molecular weight excluding hydrogens is 354 g/mol. The van der Waals surface area contributed by atoms with Crippen molar-refractivity contribution in [1.29, 1.82) is 0 Å². The van der Waals surface area contributed by atoms with Crippen molar-refractivity contribution in [3.8, 4) is 0 Å². The number of hydrogen-bond donors (Lipinski definition) is 1. The smallest absolute Gasteiger partial charge is 0.173 e. The summed E-state index contributed by atoms with van der Waals surface area (Å²) in [7, 11) is 0. The molecule has 3 aromatic rings. The standard InChI is InChI=1S/C21H23N5S/c1-15-16(2)23-20-14-17(8-9-19(20)22-15)24-21(27)26-12-10-25(11-13-26)18-6-4-3-5-7-18/h3-9,14H,10-13H2,1-2H3,(H,24,27). The van der Waals surface area contributed by atoms with Gasteiger partial charge in [-0.05, 0) is 56.4 Å². The van der Waals surface area contributed by atoms with Gasteiger partial charge in [0, 0.05) is 37.6 Å². The molecule has 0 spiro atoms. The first-order valence-electron chi connectivity index (χ1n) is 9.21. The maximum absolute atomic E-state index is 5.64. The van der Waals surface area contributed by atoms with Crippen LogP contribution in [0.25, 0.3) is 11.0 Å². The summed E-state index contributed by atoms with van der Waals surface area (Å²) in [5, 5.41) is 4.13. The van der Waals surface area contributed by atoms with E-state index in [0.29, 0.717) is 0 Å². The summed E-state index contributed by atoms with van der Waals surface area (Å²) in [4.78, 5) is 13.8. The van der Waals surface area contributed by atoms with Crippen molar-refractivity contribution in [3.63, 3.8) is 0 Å². The summed E-state index contributed by atoms with van der Waals surface area (Å²) >= 11 is 5.64. The Hall–Kier alpha value is -2.73. The largest absolute Gasteiger partial charge is 0.368 e. The molecule has 2 aromatic carbocycles.